The van der Waals surface area contributed by atoms with Crippen molar-refractivity contribution in [2.45, 2.75) is 43.4 Å². The number of hydrogen-bond donors (Lipinski definition) is 3. The van der Waals surface area contributed by atoms with Gasteiger partial charge in [-0.05, 0) is 49.1 Å². The Kier molecular flexibility index (Phi) is 8.67. The average Bonchev–Trinajstić information content (AvgIpc) is 2.93. The van der Waals surface area contributed by atoms with Crippen molar-refractivity contribution >= 4 is 17.5 Å². The molecule has 0 spiro atoms. The Morgan fingerprint density at radius 3 is 2.18 bits per heavy atom. The molecular formula is C31H37FN4O3. The van der Waals surface area contributed by atoms with Crippen LogP contribution in [0.2, 0.25) is 0 Å². The third-order valence-electron chi connectivity index (χ3n) is 7.72. The third kappa shape index (κ3) is 5.97. The smallest absolute Gasteiger partial charge is 0.253 e. The predicted molar refractivity (Wildman–Crippen MR) is 151 cm³/mol. The zero-order valence-corrected chi connectivity index (χ0v) is 22.7. The molecule has 0 radical (unpaired) electrons. The summed E-state index contributed by atoms with van der Waals surface area (Å²) in [6.45, 7) is 3.03. The molecule has 0 bridgehead atoms. The van der Waals surface area contributed by atoms with Crippen molar-refractivity contribution in [3.05, 3.63) is 101 Å². The van der Waals surface area contributed by atoms with Crippen LogP contribution in [0.1, 0.15) is 41.3 Å². The second kappa shape index (κ2) is 12.0. The number of likely N-dealkylation sites (N-methyl/N-ethyl adjacent to an activating group) is 1. The summed E-state index contributed by atoms with van der Waals surface area (Å²) in [6.07, 6.45) is 0.205. The van der Waals surface area contributed by atoms with Crippen LogP contribution in [-0.2, 0) is 10.2 Å². The minimum absolute atomic E-state index is 0.00802. The van der Waals surface area contributed by atoms with E-state index in [1.165, 1.54) is 12.1 Å². The topological polar surface area (TPSA) is 98.9 Å². The number of piperidine rings is 1. The lowest BCUT2D eigenvalue weighted by atomic mass is 9.69. The van der Waals surface area contributed by atoms with Gasteiger partial charge in [0.1, 0.15) is 11.2 Å². The van der Waals surface area contributed by atoms with Crippen molar-refractivity contribution in [3.63, 3.8) is 0 Å². The minimum Gasteiger partial charge on any atom is -0.398 e. The number of nitrogens with two attached hydrogens (primary N) is 1. The standard InChI is InChI=1S/C31H37FN4O3/c1-21(36-17-16-27(28(37)20-36)34-29(38)25-15-14-24(32)18-26(25)33)19-31(30(39)35(2)3,22-10-6-4-7-11-22)23-12-8-5-9-13-23/h4-15,18,21,27-28,37H,16-17,19-20,33H2,1-3H3,(H,34,38)/t21?,27-,28-/m1/s1. The van der Waals surface area contributed by atoms with Crippen molar-refractivity contribution in [2.24, 2.45) is 0 Å². The number of aliphatic hydroxyl groups is 1. The first-order valence-corrected chi connectivity index (χ1v) is 13.2. The Bertz CT molecular complexity index is 1250. The van der Waals surface area contributed by atoms with E-state index in [0.29, 0.717) is 25.9 Å². The largest absolute Gasteiger partial charge is 0.398 e. The van der Waals surface area contributed by atoms with Crippen LogP contribution in [0.5, 0.6) is 0 Å². The number of rotatable bonds is 8. The Morgan fingerprint density at radius 1 is 1.08 bits per heavy atom. The second-order valence-corrected chi connectivity index (χ2v) is 10.6. The Labute approximate surface area is 229 Å². The molecule has 2 amide bonds. The highest BCUT2D eigenvalue weighted by Gasteiger charge is 2.45. The number of aliphatic hydroxyl groups excluding tert-OH is 1. The second-order valence-electron chi connectivity index (χ2n) is 10.6. The third-order valence-corrected chi connectivity index (χ3v) is 7.72. The monoisotopic (exact) mass is 532 g/mol. The number of benzene rings is 3. The molecule has 1 unspecified atom stereocenters. The normalized spacial score (nSPS) is 18.8. The van der Waals surface area contributed by atoms with E-state index in [-0.39, 0.29) is 23.2 Å². The molecular weight excluding hydrogens is 495 g/mol. The number of halogens is 1. The maximum Gasteiger partial charge on any atom is 0.253 e. The molecule has 0 aliphatic carbocycles. The van der Waals surface area contributed by atoms with Crippen LogP contribution in [0.3, 0.4) is 0 Å². The summed E-state index contributed by atoms with van der Waals surface area (Å²) in [5.41, 5.74) is 6.97. The molecule has 4 rings (SSSR count). The predicted octanol–water partition coefficient (Wildman–Crippen LogP) is 3.43. The minimum atomic E-state index is -0.915. The molecule has 3 aromatic carbocycles. The van der Waals surface area contributed by atoms with Gasteiger partial charge in [0, 0.05) is 38.9 Å². The number of hydrogen-bond acceptors (Lipinski definition) is 5. The molecule has 7 nitrogen and oxygen atoms in total. The van der Waals surface area contributed by atoms with Gasteiger partial charge in [0.2, 0.25) is 5.91 Å². The Hall–Kier alpha value is -3.75. The highest BCUT2D eigenvalue weighted by Crippen LogP contribution is 2.39. The molecule has 1 aliphatic heterocycles. The van der Waals surface area contributed by atoms with Crippen molar-refractivity contribution in [2.75, 3.05) is 32.9 Å². The number of amides is 2. The van der Waals surface area contributed by atoms with Gasteiger partial charge < -0.3 is 21.1 Å². The van der Waals surface area contributed by atoms with E-state index in [2.05, 4.69) is 17.1 Å². The van der Waals surface area contributed by atoms with Crippen LogP contribution >= 0.6 is 0 Å². The van der Waals surface area contributed by atoms with E-state index < -0.39 is 29.3 Å². The van der Waals surface area contributed by atoms with Gasteiger partial charge in [-0.15, -0.1) is 0 Å². The summed E-state index contributed by atoms with van der Waals surface area (Å²) in [5.74, 6) is -0.964. The van der Waals surface area contributed by atoms with Crippen molar-refractivity contribution < 1.29 is 19.1 Å². The molecule has 8 heteroatoms. The number of nitrogens with zero attached hydrogens (tertiary/aromatic N) is 2. The fraction of sp³-hybridized carbons (Fsp3) is 0.355. The van der Waals surface area contributed by atoms with Crippen molar-refractivity contribution in [1.82, 2.24) is 15.1 Å². The van der Waals surface area contributed by atoms with E-state index in [0.717, 1.165) is 17.2 Å². The number of nitrogen functional groups attached to an aromatic ring is 1. The molecule has 1 fully saturated rings. The maximum atomic E-state index is 14.0. The Morgan fingerprint density at radius 2 is 1.67 bits per heavy atom. The summed E-state index contributed by atoms with van der Waals surface area (Å²) in [7, 11) is 3.55. The van der Waals surface area contributed by atoms with Crippen LogP contribution in [0.4, 0.5) is 10.1 Å². The maximum absolute atomic E-state index is 14.0. The molecule has 3 atom stereocenters. The molecule has 0 saturated carbocycles. The van der Waals surface area contributed by atoms with Crippen LogP contribution in [0.15, 0.2) is 78.9 Å². The number of nitrogens with one attached hydrogen (secondary N) is 1. The molecule has 1 heterocycles. The molecule has 206 valence electrons. The lowest BCUT2D eigenvalue weighted by Gasteiger charge is -2.44. The number of carbonyl (C=O) groups excluding carboxylic acids is 2. The van der Waals surface area contributed by atoms with Gasteiger partial charge in [-0.3, -0.25) is 14.5 Å². The first-order chi connectivity index (χ1) is 18.6. The quantitative estimate of drug-likeness (QED) is 0.386. The van der Waals surface area contributed by atoms with Crippen LogP contribution < -0.4 is 11.1 Å². The molecule has 4 N–H and O–H groups in total. The first kappa shape index (κ1) is 28.3. The molecule has 1 aliphatic rings. The van der Waals surface area contributed by atoms with Gasteiger partial charge in [-0.1, -0.05) is 60.7 Å². The lowest BCUT2D eigenvalue weighted by Crippen LogP contribution is -2.57. The highest BCUT2D eigenvalue weighted by atomic mass is 19.1. The van der Waals surface area contributed by atoms with Gasteiger partial charge in [-0.2, -0.15) is 0 Å². The summed E-state index contributed by atoms with van der Waals surface area (Å²) in [5, 5.41) is 13.9. The van der Waals surface area contributed by atoms with Crippen molar-refractivity contribution in [1.29, 1.82) is 0 Å². The number of anilines is 1. The van der Waals surface area contributed by atoms with E-state index >= 15 is 0 Å². The first-order valence-electron chi connectivity index (χ1n) is 13.2. The van der Waals surface area contributed by atoms with Crippen LogP contribution in [-0.4, -0.2) is 72.1 Å². The fourth-order valence-corrected chi connectivity index (χ4v) is 5.65. The van der Waals surface area contributed by atoms with Crippen LogP contribution in [0.25, 0.3) is 0 Å². The molecule has 3 aromatic rings. The van der Waals surface area contributed by atoms with Gasteiger partial charge >= 0.3 is 0 Å². The summed E-state index contributed by atoms with van der Waals surface area (Å²) < 4.78 is 13.4. The summed E-state index contributed by atoms with van der Waals surface area (Å²) >= 11 is 0. The Balaban J connectivity index is 1.54. The van der Waals surface area contributed by atoms with Crippen LogP contribution in [0, 0.1) is 5.82 Å². The van der Waals surface area contributed by atoms with Gasteiger partial charge in [0.25, 0.3) is 5.91 Å². The fourth-order valence-electron chi connectivity index (χ4n) is 5.65. The van der Waals surface area contributed by atoms with Gasteiger partial charge in [-0.25, -0.2) is 4.39 Å². The number of β-amino-alcohol motifs (C(OH)–C–C–N with tert-alkyl or cyclic N) is 1. The van der Waals surface area contributed by atoms with E-state index in [1.807, 2.05) is 60.7 Å². The molecule has 1 saturated heterocycles. The van der Waals surface area contributed by atoms with Crippen molar-refractivity contribution in [3.8, 4) is 0 Å². The lowest BCUT2D eigenvalue weighted by molar-refractivity contribution is -0.134. The van der Waals surface area contributed by atoms with Gasteiger partial charge in [0.15, 0.2) is 0 Å². The molecule has 0 aromatic heterocycles. The zero-order chi connectivity index (χ0) is 28.2. The summed E-state index contributed by atoms with van der Waals surface area (Å²) in [4.78, 5) is 30.6. The SMILES string of the molecule is CC(CC(C(=O)N(C)C)(c1ccccc1)c1ccccc1)N1CC[C@@H](NC(=O)c2ccc(F)cc2N)[C@H](O)C1. The summed E-state index contributed by atoms with van der Waals surface area (Å²) in [6, 6.07) is 22.8. The van der Waals surface area contributed by atoms with E-state index in [4.69, 9.17) is 5.73 Å². The highest BCUT2D eigenvalue weighted by molar-refractivity contribution is 5.99. The number of carbonyl (C=O) groups is 2. The van der Waals surface area contributed by atoms with Gasteiger partial charge in [0.05, 0.1) is 17.7 Å². The zero-order valence-electron chi connectivity index (χ0n) is 22.7. The molecule has 39 heavy (non-hydrogen) atoms. The average molecular weight is 533 g/mol. The number of likely N-dealkylation sites (tertiary alicyclic amines) is 1. The van der Waals surface area contributed by atoms with E-state index in [1.54, 1.807) is 19.0 Å². The van der Waals surface area contributed by atoms with E-state index in [9.17, 15) is 19.1 Å².